The van der Waals surface area contributed by atoms with Crippen molar-refractivity contribution < 1.29 is 18.8 Å². The molecule has 0 unspecified atom stereocenters. The molecule has 0 radical (unpaired) electrons. The van der Waals surface area contributed by atoms with Crippen LogP contribution in [0.4, 0.5) is 0 Å². The predicted molar refractivity (Wildman–Crippen MR) is 125 cm³/mol. The number of carbonyl (C=O) groups excluding carboxylic acids is 1. The lowest BCUT2D eigenvalue weighted by molar-refractivity contribution is 0.0614. The van der Waals surface area contributed by atoms with E-state index in [1.54, 1.807) is 29.2 Å². The molecule has 10 heteroatoms. The molecule has 1 fully saturated rings. The van der Waals surface area contributed by atoms with Gasteiger partial charge in [0, 0.05) is 42.3 Å². The van der Waals surface area contributed by atoms with Crippen molar-refractivity contribution >= 4 is 29.1 Å². The molecule has 1 aliphatic rings. The Morgan fingerprint density at radius 3 is 2.52 bits per heavy atom. The summed E-state index contributed by atoms with van der Waals surface area (Å²) in [5.74, 6) is 1.85. The largest absolute Gasteiger partial charge is 0.493 e. The van der Waals surface area contributed by atoms with Gasteiger partial charge in [0.25, 0.3) is 5.91 Å². The van der Waals surface area contributed by atoms with Crippen molar-refractivity contribution in [3.8, 4) is 22.9 Å². The van der Waals surface area contributed by atoms with Crippen LogP contribution in [-0.4, -0.2) is 65.7 Å². The highest BCUT2D eigenvalue weighted by Gasteiger charge is 2.25. The number of ether oxygens (including phenoxy) is 2. The van der Waals surface area contributed by atoms with Crippen LogP contribution in [0.15, 0.2) is 40.9 Å². The molecule has 1 aromatic heterocycles. The van der Waals surface area contributed by atoms with E-state index >= 15 is 0 Å². The third-order valence-corrected chi connectivity index (χ3v) is 5.89. The molecule has 4 rings (SSSR count). The van der Waals surface area contributed by atoms with Crippen molar-refractivity contribution in [2.75, 3.05) is 39.9 Å². The number of rotatable bonds is 7. The molecule has 1 amide bonds. The van der Waals surface area contributed by atoms with Crippen LogP contribution in [0.1, 0.15) is 23.2 Å². The van der Waals surface area contributed by atoms with E-state index in [0.717, 1.165) is 5.56 Å². The number of aromatic nitrogens is 2. The molecule has 0 aliphatic carbocycles. The van der Waals surface area contributed by atoms with Crippen molar-refractivity contribution in [2.24, 2.45) is 0 Å². The van der Waals surface area contributed by atoms with E-state index in [4.69, 9.17) is 37.2 Å². The second-order valence-corrected chi connectivity index (χ2v) is 8.35. The summed E-state index contributed by atoms with van der Waals surface area (Å²) in [6, 6.07) is 10.6. The normalized spacial score (nSPS) is 14.4. The van der Waals surface area contributed by atoms with E-state index in [2.05, 4.69) is 15.0 Å². The maximum absolute atomic E-state index is 13.0. The molecular weight excluding hydrogens is 467 g/mol. The molecule has 2 aromatic carbocycles. The average Bonchev–Trinajstić information content (AvgIpc) is 3.29. The van der Waals surface area contributed by atoms with Crippen molar-refractivity contribution in [3.05, 3.63) is 57.9 Å². The van der Waals surface area contributed by atoms with Gasteiger partial charge >= 0.3 is 0 Å². The Labute approximate surface area is 202 Å². The minimum atomic E-state index is -0.0966. The third-order valence-electron chi connectivity index (χ3n) is 5.35. The van der Waals surface area contributed by atoms with Crippen LogP contribution in [0.5, 0.6) is 11.5 Å². The Hall–Kier alpha value is -2.81. The molecule has 0 atom stereocenters. The Bertz CT molecular complexity index is 1110. The van der Waals surface area contributed by atoms with Gasteiger partial charge in [-0.15, -0.1) is 0 Å². The quantitative estimate of drug-likeness (QED) is 0.485. The fourth-order valence-electron chi connectivity index (χ4n) is 3.65. The van der Waals surface area contributed by atoms with Crippen LogP contribution in [0.3, 0.4) is 0 Å². The molecule has 174 valence electrons. The number of hydrogen-bond acceptors (Lipinski definition) is 7. The first-order valence-corrected chi connectivity index (χ1v) is 11.3. The molecule has 1 aliphatic heterocycles. The summed E-state index contributed by atoms with van der Waals surface area (Å²) in [5, 5.41) is 5.06. The van der Waals surface area contributed by atoms with Crippen LogP contribution < -0.4 is 9.47 Å². The molecular formula is C23H24Cl2N4O4. The van der Waals surface area contributed by atoms with E-state index in [9.17, 15) is 4.79 Å². The van der Waals surface area contributed by atoms with Crippen LogP contribution in [-0.2, 0) is 6.54 Å². The highest BCUT2D eigenvalue weighted by atomic mass is 35.5. The van der Waals surface area contributed by atoms with Crippen LogP contribution in [0.25, 0.3) is 11.4 Å². The Balaban J connectivity index is 1.36. The fraction of sp³-hybridized carbons (Fsp3) is 0.348. The number of hydrogen-bond donors (Lipinski definition) is 0. The fourth-order valence-corrected chi connectivity index (χ4v) is 4.04. The van der Waals surface area contributed by atoms with Crippen molar-refractivity contribution in [1.82, 2.24) is 19.9 Å². The summed E-state index contributed by atoms with van der Waals surface area (Å²) < 4.78 is 16.3. The van der Waals surface area contributed by atoms with Crippen molar-refractivity contribution in [1.29, 1.82) is 0 Å². The zero-order valence-corrected chi connectivity index (χ0v) is 19.9. The number of benzene rings is 2. The maximum Gasteiger partial charge on any atom is 0.254 e. The minimum Gasteiger partial charge on any atom is -0.493 e. The lowest BCUT2D eigenvalue weighted by Gasteiger charge is -2.34. The topological polar surface area (TPSA) is 80.9 Å². The van der Waals surface area contributed by atoms with E-state index in [1.807, 2.05) is 19.1 Å². The SMILES string of the molecule is CCOc1c(Cl)cc(C(=O)N2CCN(Cc3nc(-c4ccc(Cl)cc4)no3)CC2)cc1OC. The second-order valence-electron chi connectivity index (χ2n) is 7.51. The summed E-state index contributed by atoms with van der Waals surface area (Å²) in [4.78, 5) is 21.5. The molecule has 3 aromatic rings. The monoisotopic (exact) mass is 490 g/mol. The van der Waals surface area contributed by atoms with E-state index in [1.165, 1.54) is 7.11 Å². The van der Waals surface area contributed by atoms with Gasteiger partial charge in [-0.3, -0.25) is 9.69 Å². The smallest absolute Gasteiger partial charge is 0.254 e. The lowest BCUT2D eigenvalue weighted by Crippen LogP contribution is -2.48. The van der Waals surface area contributed by atoms with Crippen molar-refractivity contribution in [3.63, 3.8) is 0 Å². The van der Waals surface area contributed by atoms with E-state index in [-0.39, 0.29) is 5.91 Å². The number of methoxy groups -OCH3 is 1. The molecule has 33 heavy (non-hydrogen) atoms. The lowest BCUT2D eigenvalue weighted by atomic mass is 10.1. The van der Waals surface area contributed by atoms with Gasteiger partial charge in [-0.1, -0.05) is 28.4 Å². The minimum absolute atomic E-state index is 0.0966. The maximum atomic E-state index is 13.0. The number of nitrogens with zero attached hydrogens (tertiary/aromatic N) is 4. The first kappa shape index (κ1) is 23.4. The predicted octanol–water partition coefficient (Wildman–Crippen LogP) is 4.41. The summed E-state index contributed by atoms with van der Waals surface area (Å²) in [6.45, 7) is 5.35. The van der Waals surface area contributed by atoms with Gasteiger partial charge in [0.2, 0.25) is 11.7 Å². The average molecular weight is 491 g/mol. The van der Waals surface area contributed by atoms with E-state index in [0.29, 0.717) is 78.2 Å². The van der Waals surface area contributed by atoms with Gasteiger partial charge in [-0.05, 0) is 43.3 Å². The number of carbonyl (C=O) groups is 1. The molecule has 2 heterocycles. The highest BCUT2D eigenvalue weighted by Crippen LogP contribution is 2.36. The molecule has 0 spiro atoms. The summed E-state index contributed by atoms with van der Waals surface area (Å²) >= 11 is 12.3. The van der Waals surface area contributed by atoms with Crippen LogP contribution in [0.2, 0.25) is 10.0 Å². The number of halogens is 2. The Kier molecular flexibility index (Phi) is 7.37. The van der Waals surface area contributed by atoms with Crippen LogP contribution >= 0.6 is 23.2 Å². The second kappa shape index (κ2) is 10.4. The molecule has 0 N–H and O–H groups in total. The van der Waals surface area contributed by atoms with Gasteiger partial charge < -0.3 is 18.9 Å². The van der Waals surface area contributed by atoms with Gasteiger partial charge in [-0.2, -0.15) is 4.98 Å². The highest BCUT2D eigenvalue weighted by molar-refractivity contribution is 6.32. The standard InChI is InChI=1S/C23H24Cl2N4O4/c1-3-32-21-18(25)12-16(13-19(21)31-2)23(30)29-10-8-28(9-11-29)14-20-26-22(27-33-20)15-4-6-17(24)7-5-15/h4-7,12-13H,3,8-11,14H2,1-2H3. The Morgan fingerprint density at radius 2 is 1.85 bits per heavy atom. The molecule has 0 saturated carbocycles. The first-order valence-electron chi connectivity index (χ1n) is 10.6. The number of amides is 1. The van der Waals surface area contributed by atoms with E-state index < -0.39 is 0 Å². The molecule has 1 saturated heterocycles. The molecule has 8 nitrogen and oxygen atoms in total. The first-order chi connectivity index (χ1) is 16.0. The summed E-state index contributed by atoms with van der Waals surface area (Å²) in [5.41, 5.74) is 1.31. The number of piperazine rings is 1. The van der Waals surface area contributed by atoms with Gasteiger partial charge in [0.1, 0.15) is 0 Å². The van der Waals surface area contributed by atoms with Gasteiger partial charge in [-0.25, -0.2) is 0 Å². The van der Waals surface area contributed by atoms with Crippen molar-refractivity contribution in [2.45, 2.75) is 13.5 Å². The molecule has 0 bridgehead atoms. The van der Waals surface area contributed by atoms with Gasteiger partial charge in [0.05, 0.1) is 25.3 Å². The van der Waals surface area contributed by atoms with Crippen LogP contribution in [0, 0.1) is 0 Å². The zero-order chi connectivity index (χ0) is 23.4. The summed E-state index contributed by atoms with van der Waals surface area (Å²) in [6.07, 6.45) is 0. The Morgan fingerprint density at radius 1 is 1.12 bits per heavy atom. The summed E-state index contributed by atoms with van der Waals surface area (Å²) in [7, 11) is 1.52. The zero-order valence-electron chi connectivity index (χ0n) is 18.4. The van der Waals surface area contributed by atoms with Gasteiger partial charge in [0.15, 0.2) is 11.5 Å². The third kappa shape index (κ3) is 5.40.